The fourth-order valence-corrected chi connectivity index (χ4v) is 4.29. The van der Waals surface area contributed by atoms with E-state index in [1.807, 2.05) is 30.4 Å². The maximum absolute atomic E-state index is 11.7. The second-order valence-corrected chi connectivity index (χ2v) is 6.46. The lowest BCUT2D eigenvalue weighted by Crippen LogP contribution is -2.28. The highest BCUT2D eigenvalue weighted by atomic mass is 32.2. The Labute approximate surface area is 109 Å². The van der Waals surface area contributed by atoms with Gasteiger partial charge in [0.15, 0.2) is 6.39 Å². The van der Waals surface area contributed by atoms with E-state index in [1.54, 1.807) is 0 Å². The highest BCUT2D eigenvalue weighted by Crippen LogP contribution is 2.26. The standard InChI is InChI=1S/C11H16N2O2S2/c1-8-10(13-7-15-8)5-12-11(14)4-9-6-16-2-3-17-9/h7,9H,2-6H2,1H3,(H,12,14). The Bertz CT molecular complexity index is 375. The Morgan fingerprint density at radius 3 is 3.18 bits per heavy atom. The lowest BCUT2D eigenvalue weighted by molar-refractivity contribution is -0.121. The van der Waals surface area contributed by atoms with Gasteiger partial charge in [-0.1, -0.05) is 0 Å². The van der Waals surface area contributed by atoms with Crippen LogP contribution in [0.2, 0.25) is 0 Å². The molecule has 1 amide bonds. The van der Waals surface area contributed by atoms with Crippen LogP contribution in [0.1, 0.15) is 17.9 Å². The van der Waals surface area contributed by atoms with Crippen LogP contribution in [0.15, 0.2) is 10.8 Å². The van der Waals surface area contributed by atoms with Crippen molar-refractivity contribution >= 4 is 29.4 Å². The van der Waals surface area contributed by atoms with Crippen molar-refractivity contribution in [1.82, 2.24) is 10.3 Å². The summed E-state index contributed by atoms with van der Waals surface area (Å²) < 4.78 is 5.08. The van der Waals surface area contributed by atoms with Gasteiger partial charge in [0.1, 0.15) is 11.5 Å². The van der Waals surface area contributed by atoms with Crippen LogP contribution in [-0.4, -0.2) is 33.4 Å². The zero-order valence-electron chi connectivity index (χ0n) is 9.77. The molecule has 1 aromatic rings. The average molecular weight is 272 g/mol. The number of thioether (sulfide) groups is 2. The SMILES string of the molecule is Cc1ocnc1CNC(=O)CC1CSCCS1. The molecule has 0 bridgehead atoms. The van der Waals surface area contributed by atoms with E-state index in [9.17, 15) is 4.79 Å². The number of hydrogen-bond acceptors (Lipinski definition) is 5. The van der Waals surface area contributed by atoms with Crippen molar-refractivity contribution in [3.8, 4) is 0 Å². The third-order valence-corrected chi connectivity index (χ3v) is 5.44. The van der Waals surface area contributed by atoms with Gasteiger partial charge in [0.25, 0.3) is 0 Å². The molecule has 0 spiro atoms. The zero-order chi connectivity index (χ0) is 12.1. The Balaban J connectivity index is 1.72. The molecule has 94 valence electrons. The Morgan fingerprint density at radius 2 is 2.53 bits per heavy atom. The Kier molecular flexibility index (Phi) is 4.79. The highest BCUT2D eigenvalue weighted by molar-refractivity contribution is 8.06. The highest BCUT2D eigenvalue weighted by Gasteiger charge is 2.18. The smallest absolute Gasteiger partial charge is 0.221 e. The summed E-state index contributed by atoms with van der Waals surface area (Å²) >= 11 is 3.84. The van der Waals surface area contributed by atoms with Crippen LogP contribution in [0.5, 0.6) is 0 Å². The number of aromatic nitrogens is 1. The van der Waals surface area contributed by atoms with Crippen molar-refractivity contribution in [1.29, 1.82) is 0 Å². The summed E-state index contributed by atoms with van der Waals surface area (Å²) in [6.07, 6.45) is 2.01. The molecule has 1 aliphatic rings. The largest absolute Gasteiger partial charge is 0.448 e. The van der Waals surface area contributed by atoms with E-state index in [2.05, 4.69) is 10.3 Å². The minimum absolute atomic E-state index is 0.104. The lowest BCUT2D eigenvalue weighted by Gasteiger charge is -2.20. The minimum Gasteiger partial charge on any atom is -0.448 e. The van der Waals surface area contributed by atoms with Gasteiger partial charge in [0.2, 0.25) is 5.91 Å². The molecule has 1 aliphatic heterocycles. The van der Waals surface area contributed by atoms with Gasteiger partial charge in [-0.25, -0.2) is 4.98 Å². The summed E-state index contributed by atoms with van der Waals surface area (Å²) in [6.45, 7) is 2.31. The van der Waals surface area contributed by atoms with Crippen molar-refractivity contribution in [3.05, 3.63) is 17.8 Å². The fourth-order valence-electron chi connectivity index (χ4n) is 1.61. The molecule has 1 fully saturated rings. The van der Waals surface area contributed by atoms with E-state index in [0.717, 1.165) is 23.0 Å². The molecule has 1 atom stereocenters. The van der Waals surface area contributed by atoms with Crippen molar-refractivity contribution < 1.29 is 9.21 Å². The first-order chi connectivity index (χ1) is 8.25. The van der Waals surface area contributed by atoms with E-state index < -0.39 is 0 Å². The molecule has 1 unspecified atom stereocenters. The summed E-state index contributed by atoms with van der Waals surface area (Å²) in [5.74, 6) is 4.33. The van der Waals surface area contributed by atoms with Gasteiger partial charge in [-0.2, -0.15) is 23.5 Å². The number of nitrogens with one attached hydrogen (secondary N) is 1. The van der Waals surface area contributed by atoms with Gasteiger partial charge in [0.05, 0.1) is 6.54 Å². The molecule has 0 saturated carbocycles. The molecule has 1 saturated heterocycles. The molecule has 6 heteroatoms. The quantitative estimate of drug-likeness (QED) is 0.906. The Morgan fingerprint density at radius 1 is 1.65 bits per heavy atom. The molecule has 2 heterocycles. The first kappa shape index (κ1) is 12.8. The summed E-state index contributed by atoms with van der Waals surface area (Å²) in [7, 11) is 0. The van der Waals surface area contributed by atoms with Crippen molar-refractivity contribution in [3.63, 3.8) is 0 Å². The molecule has 0 aromatic carbocycles. The molecule has 17 heavy (non-hydrogen) atoms. The number of rotatable bonds is 4. The number of oxazole rings is 1. The van der Waals surface area contributed by atoms with Crippen LogP contribution in [0.4, 0.5) is 0 Å². The van der Waals surface area contributed by atoms with Gasteiger partial charge >= 0.3 is 0 Å². The van der Waals surface area contributed by atoms with Crippen LogP contribution in [0.25, 0.3) is 0 Å². The fraction of sp³-hybridized carbons (Fsp3) is 0.636. The monoisotopic (exact) mass is 272 g/mol. The van der Waals surface area contributed by atoms with E-state index in [0.29, 0.717) is 18.2 Å². The minimum atomic E-state index is 0.104. The van der Waals surface area contributed by atoms with Gasteiger partial charge in [-0.05, 0) is 6.92 Å². The van der Waals surface area contributed by atoms with Crippen LogP contribution < -0.4 is 5.32 Å². The lowest BCUT2D eigenvalue weighted by atomic mass is 10.3. The summed E-state index contributed by atoms with van der Waals surface area (Å²) in [5, 5.41) is 3.35. The predicted octanol–water partition coefficient (Wildman–Crippen LogP) is 1.84. The molecular formula is C11H16N2O2S2. The molecule has 0 radical (unpaired) electrons. The number of amides is 1. The number of carbonyl (C=O) groups excluding carboxylic acids is 1. The van der Waals surface area contributed by atoms with E-state index in [1.165, 1.54) is 12.1 Å². The molecular weight excluding hydrogens is 256 g/mol. The second-order valence-electron chi connectivity index (χ2n) is 3.90. The molecule has 2 rings (SSSR count). The summed E-state index contributed by atoms with van der Waals surface area (Å²) in [5.41, 5.74) is 0.809. The molecule has 1 N–H and O–H groups in total. The number of hydrogen-bond donors (Lipinski definition) is 1. The molecule has 0 aliphatic carbocycles. The molecule has 4 nitrogen and oxygen atoms in total. The summed E-state index contributed by atoms with van der Waals surface area (Å²) in [6, 6.07) is 0. The normalized spacial score (nSPS) is 20.2. The number of nitrogens with zero attached hydrogens (tertiary/aromatic N) is 1. The van der Waals surface area contributed by atoms with Gasteiger partial charge in [-0.3, -0.25) is 4.79 Å². The summed E-state index contributed by atoms with van der Waals surface area (Å²) in [4.78, 5) is 15.8. The Hall–Kier alpha value is -0.620. The third kappa shape index (κ3) is 3.96. The first-order valence-electron chi connectivity index (χ1n) is 5.60. The average Bonchev–Trinajstić information content (AvgIpc) is 2.74. The van der Waals surface area contributed by atoms with E-state index in [4.69, 9.17) is 4.42 Å². The zero-order valence-corrected chi connectivity index (χ0v) is 11.4. The number of carbonyl (C=O) groups is 1. The van der Waals surface area contributed by atoms with Gasteiger partial charge in [0, 0.05) is 28.9 Å². The van der Waals surface area contributed by atoms with Crippen LogP contribution in [0, 0.1) is 6.92 Å². The van der Waals surface area contributed by atoms with Crippen molar-refractivity contribution in [2.75, 3.05) is 17.3 Å². The predicted molar refractivity (Wildman–Crippen MR) is 71.3 cm³/mol. The third-order valence-electron chi connectivity index (χ3n) is 2.60. The van der Waals surface area contributed by atoms with Crippen LogP contribution >= 0.6 is 23.5 Å². The second kappa shape index (κ2) is 6.35. The van der Waals surface area contributed by atoms with E-state index in [-0.39, 0.29) is 5.91 Å². The van der Waals surface area contributed by atoms with Crippen LogP contribution in [0.3, 0.4) is 0 Å². The van der Waals surface area contributed by atoms with E-state index >= 15 is 0 Å². The van der Waals surface area contributed by atoms with Crippen molar-refractivity contribution in [2.24, 2.45) is 0 Å². The maximum atomic E-state index is 11.7. The van der Waals surface area contributed by atoms with Crippen molar-refractivity contribution in [2.45, 2.75) is 25.1 Å². The van der Waals surface area contributed by atoms with Crippen LogP contribution in [-0.2, 0) is 11.3 Å². The number of aryl methyl sites for hydroxylation is 1. The maximum Gasteiger partial charge on any atom is 0.221 e. The van der Waals surface area contributed by atoms with Gasteiger partial charge < -0.3 is 9.73 Å². The van der Waals surface area contributed by atoms with Gasteiger partial charge in [-0.15, -0.1) is 0 Å². The topological polar surface area (TPSA) is 55.1 Å². The molecule has 1 aromatic heterocycles. The first-order valence-corrected chi connectivity index (χ1v) is 7.81.